The Morgan fingerprint density at radius 1 is 1.50 bits per heavy atom. The number of aryl methyl sites for hydroxylation is 1. The highest BCUT2D eigenvalue weighted by Gasteiger charge is 2.25. The third kappa shape index (κ3) is 4.23. The zero-order valence-electron chi connectivity index (χ0n) is 13.6. The van der Waals surface area contributed by atoms with Crippen LogP contribution < -0.4 is 15.4 Å². The Hall–Kier alpha value is -2.15. The standard InChI is InChI=1S/C17H20FN3O2S/c1-10-8-19-16(24-10)11(2)21-17(22)20-9-12-4-3-5-14(15(12)18)23-13-6-7-13/h3-5,8,11,13H,6-7,9H2,1-2H3,(H2,20,21,22). The fourth-order valence-electron chi connectivity index (χ4n) is 2.21. The van der Waals surface area contributed by atoms with E-state index in [4.69, 9.17) is 4.74 Å². The van der Waals surface area contributed by atoms with Crippen LogP contribution >= 0.6 is 11.3 Å². The molecule has 1 saturated carbocycles. The minimum Gasteiger partial charge on any atom is -0.487 e. The Bertz CT molecular complexity index is 730. The van der Waals surface area contributed by atoms with Crippen LogP contribution in [-0.2, 0) is 6.54 Å². The first-order chi connectivity index (χ1) is 11.5. The Morgan fingerprint density at radius 3 is 2.96 bits per heavy atom. The largest absolute Gasteiger partial charge is 0.487 e. The number of halogens is 1. The molecule has 24 heavy (non-hydrogen) atoms. The fraction of sp³-hybridized carbons (Fsp3) is 0.412. The van der Waals surface area contributed by atoms with Gasteiger partial charge in [0.25, 0.3) is 0 Å². The molecule has 0 saturated heterocycles. The van der Waals surface area contributed by atoms with E-state index >= 15 is 0 Å². The molecule has 1 aliphatic carbocycles. The highest BCUT2D eigenvalue weighted by Crippen LogP contribution is 2.29. The van der Waals surface area contributed by atoms with E-state index in [0.29, 0.717) is 5.56 Å². The quantitative estimate of drug-likeness (QED) is 0.836. The summed E-state index contributed by atoms with van der Waals surface area (Å²) in [6.07, 6.45) is 3.85. The summed E-state index contributed by atoms with van der Waals surface area (Å²) in [5.41, 5.74) is 0.404. The Kier molecular flexibility index (Phi) is 4.99. The normalized spacial score (nSPS) is 15.0. The van der Waals surface area contributed by atoms with Crippen LogP contribution in [0.25, 0.3) is 0 Å². The van der Waals surface area contributed by atoms with Crippen molar-refractivity contribution in [1.82, 2.24) is 15.6 Å². The van der Waals surface area contributed by atoms with Crippen LogP contribution in [0.15, 0.2) is 24.4 Å². The molecular weight excluding hydrogens is 329 g/mol. The van der Waals surface area contributed by atoms with Crippen molar-refractivity contribution in [3.8, 4) is 5.75 Å². The number of amides is 2. The van der Waals surface area contributed by atoms with Crippen LogP contribution in [-0.4, -0.2) is 17.1 Å². The maximum atomic E-state index is 14.3. The first-order valence-corrected chi connectivity index (χ1v) is 8.75. The fourth-order valence-corrected chi connectivity index (χ4v) is 2.98. The van der Waals surface area contributed by atoms with Crippen molar-refractivity contribution < 1.29 is 13.9 Å². The van der Waals surface area contributed by atoms with Gasteiger partial charge in [-0.05, 0) is 32.8 Å². The van der Waals surface area contributed by atoms with Gasteiger partial charge in [0.15, 0.2) is 11.6 Å². The predicted molar refractivity (Wildman–Crippen MR) is 90.7 cm³/mol. The van der Waals surface area contributed by atoms with Gasteiger partial charge in [0, 0.05) is 23.2 Å². The number of aromatic nitrogens is 1. The molecule has 7 heteroatoms. The van der Waals surface area contributed by atoms with Crippen molar-refractivity contribution in [2.24, 2.45) is 0 Å². The van der Waals surface area contributed by atoms with Gasteiger partial charge in [-0.15, -0.1) is 11.3 Å². The van der Waals surface area contributed by atoms with Crippen LogP contribution in [0.3, 0.4) is 0 Å². The molecule has 1 fully saturated rings. The maximum Gasteiger partial charge on any atom is 0.315 e. The Morgan fingerprint density at radius 2 is 2.29 bits per heavy atom. The van der Waals surface area contributed by atoms with E-state index in [0.717, 1.165) is 22.7 Å². The zero-order valence-corrected chi connectivity index (χ0v) is 14.5. The van der Waals surface area contributed by atoms with E-state index < -0.39 is 5.82 Å². The van der Waals surface area contributed by atoms with Crippen LogP contribution in [0.4, 0.5) is 9.18 Å². The van der Waals surface area contributed by atoms with E-state index in [9.17, 15) is 9.18 Å². The zero-order chi connectivity index (χ0) is 17.1. The highest BCUT2D eigenvalue weighted by atomic mass is 32.1. The van der Waals surface area contributed by atoms with Crippen molar-refractivity contribution in [2.45, 2.75) is 45.4 Å². The number of benzene rings is 1. The molecule has 3 rings (SSSR count). The van der Waals surface area contributed by atoms with Gasteiger partial charge in [-0.1, -0.05) is 12.1 Å². The van der Waals surface area contributed by atoms with E-state index in [1.54, 1.807) is 24.4 Å². The second kappa shape index (κ2) is 7.17. The molecule has 2 amide bonds. The smallest absolute Gasteiger partial charge is 0.315 e. The molecule has 0 aliphatic heterocycles. The lowest BCUT2D eigenvalue weighted by molar-refractivity contribution is 0.237. The van der Waals surface area contributed by atoms with Gasteiger partial charge in [-0.3, -0.25) is 0 Å². The second-order valence-electron chi connectivity index (χ2n) is 5.90. The molecule has 1 atom stereocenters. The molecule has 1 aromatic heterocycles. The Balaban J connectivity index is 1.54. The molecule has 0 spiro atoms. The van der Waals surface area contributed by atoms with E-state index in [1.807, 2.05) is 13.8 Å². The molecule has 0 bridgehead atoms. The molecule has 128 valence electrons. The summed E-state index contributed by atoms with van der Waals surface area (Å²) in [4.78, 5) is 17.3. The molecular formula is C17H20FN3O2S. The molecule has 2 N–H and O–H groups in total. The van der Waals surface area contributed by atoms with Crippen LogP contribution in [0.1, 0.15) is 41.3 Å². The topological polar surface area (TPSA) is 63.2 Å². The predicted octanol–water partition coefficient (Wildman–Crippen LogP) is 3.69. The number of nitrogens with zero attached hydrogens (tertiary/aromatic N) is 1. The van der Waals surface area contributed by atoms with Crippen molar-refractivity contribution in [1.29, 1.82) is 0 Å². The summed E-state index contributed by atoms with van der Waals surface area (Å²) in [6.45, 7) is 3.93. The van der Waals surface area contributed by atoms with Crippen LogP contribution in [0.2, 0.25) is 0 Å². The summed E-state index contributed by atoms with van der Waals surface area (Å²) in [6, 6.07) is 4.44. The lowest BCUT2D eigenvalue weighted by atomic mass is 10.2. The summed E-state index contributed by atoms with van der Waals surface area (Å²) in [5, 5.41) is 6.32. The molecule has 5 nitrogen and oxygen atoms in total. The molecule has 1 aromatic carbocycles. The van der Waals surface area contributed by atoms with Crippen LogP contribution in [0, 0.1) is 12.7 Å². The van der Waals surface area contributed by atoms with Gasteiger partial charge < -0.3 is 15.4 Å². The molecule has 1 heterocycles. The average molecular weight is 349 g/mol. The van der Waals surface area contributed by atoms with E-state index in [2.05, 4.69) is 15.6 Å². The number of nitrogens with one attached hydrogen (secondary N) is 2. The van der Waals surface area contributed by atoms with Gasteiger partial charge in [0.1, 0.15) is 5.01 Å². The van der Waals surface area contributed by atoms with E-state index in [-0.39, 0.29) is 30.5 Å². The number of urea groups is 1. The summed E-state index contributed by atoms with van der Waals surface area (Å²) >= 11 is 1.54. The summed E-state index contributed by atoms with van der Waals surface area (Å²) in [7, 11) is 0. The SMILES string of the molecule is Cc1cnc(C(C)NC(=O)NCc2cccc(OC3CC3)c2F)s1. The first-order valence-electron chi connectivity index (χ1n) is 7.93. The van der Waals surface area contributed by atoms with Gasteiger partial charge in [0.2, 0.25) is 0 Å². The monoisotopic (exact) mass is 349 g/mol. The van der Waals surface area contributed by atoms with Crippen molar-refractivity contribution >= 4 is 17.4 Å². The van der Waals surface area contributed by atoms with Gasteiger partial charge in [-0.2, -0.15) is 0 Å². The lowest BCUT2D eigenvalue weighted by Gasteiger charge is -2.13. The van der Waals surface area contributed by atoms with Gasteiger partial charge in [-0.25, -0.2) is 14.2 Å². The number of carbonyl (C=O) groups is 1. The second-order valence-corrected chi connectivity index (χ2v) is 7.17. The number of hydrogen-bond acceptors (Lipinski definition) is 4. The van der Waals surface area contributed by atoms with Crippen molar-refractivity contribution in [3.63, 3.8) is 0 Å². The highest BCUT2D eigenvalue weighted by molar-refractivity contribution is 7.11. The molecule has 2 aromatic rings. The number of thiazole rings is 1. The third-order valence-corrected chi connectivity index (χ3v) is 4.75. The van der Waals surface area contributed by atoms with E-state index in [1.165, 1.54) is 11.3 Å². The molecule has 1 unspecified atom stereocenters. The van der Waals surface area contributed by atoms with Crippen molar-refractivity contribution in [2.75, 3.05) is 0 Å². The van der Waals surface area contributed by atoms with Crippen LogP contribution in [0.5, 0.6) is 5.75 Å². The minimum atomic E-state index is -0.409. The minimum absolute atomic E-state index is 0.100. The molecule has 0 radical (unpaired) electrons. The van der Waals surface area contributed by atoms with Gasteiger partial charge >= 0.3 is 6.03 Å². The number of rotatable bonds is 6. The Labute approximate surface area is 144 Å². The number of ether oxygens (including phenoxy) is 1. The van der Waals surface area contributed by atoms with Crippen molar-refractivity contribution in [3.05, 3.63) is 45.7 Å². The molecule has 1 aliphatic rings. The number of carbonyl (C=O) groups excluding carboxylic acids is 1. The number of hydrogen-bond donors (Lipinski definition) is 2. The summed E-state index contributed by atoms with van der Waals surface area (Å²) in [5.74, 6) is -0.155. The van der Waals surface area contributed by atoms with Gasteiger partial charge in [0.05, 0.1) is 12.1 Å². The first kappa shape index (κ1) is 16.7. The average Bonchev–Trinajstić information content (AvgIpc) is 3.26. The maximum absolute atomic E-state index is 14.3. The lowest BCUT2D eigenvalue weighted by Crippen LogP contribution is -2.36. The summed E-state index contributed by atoms with van der Waals surface area (Å²) < 4.78 is 19.9. The third-order valence-electron chi connectivity index (χ3n) is 3.66.